The van der Waals surface area contributed by atoms with E-state index in [-0.39, 0.29) is 5.91 Å². The number of amides is 1. The third-order valence-electron chi connectivity index (χ3n) is 3.02. The van der Waals surface area contributed by atoms with Crippen molar-refractivity contribution in [2.45, 2.75) is 18.9 Å². The molecular weight excluding hydrogens is 248 g/mol. The summed E-state index contributed by atoms with van der Waals surface area (Å²) in [7, 11) is 1.97. The molecule has 5 nitrogen and oxygen atoms in total. The van der Waals surface area contributed by atoms with Gasteiger partial charge in [0.05, 0.1) is 0 Å². The Morgan fingerprint density at radius 1 is 1.72 bits per heavy atom. The Labute approximate surface area is 112 Å². The quantitative estimate of drug-likeness (QED) is 0.799. The molecule has 0 spiro atoms. The summed E-state index contributed by atoms with van der Waals surface area (Å²) in [5, 5.41) is 6.32. The van der Waals surface area contributed by atoms with Crippen LogP contribution in [0.1, 0.15) is 12.2 Å². The maximum absolute atomic E-state index is 11.7. The highest BCUT2D eigenvalue weighted by molar-refractivity contribution is 7.99. The second-order valence-electron chi connectivity index (χ2n) is 4.48. The third-order valence-corrected chi connectivity index (χ3v) is 4.15. The van der Waals surface area contributed by atoms with Crippen LogP contribution >= 0.6 is 11.8 Å². The summed E-state index contributed by atoms with van der Waals surface area (Å²) >= 11 is 1.91. The van der Waals surface area contributed by atoms with Gasteiger partial charge in [0.15, 0.2) is 0 Å². The molecule has 1 aromatic rings. The molecule has 0 aliphatic carbocycles. The predicted molar refractivity (Wildman–Crippen MR) is 73.7 cm³/mol. The number of nitrogens with one attached hydrogen (secondary N) is 2. The lowest BCUT2D eigenvalue weighted by molar-refractivity contribution is -0.121. The van der Waals surface area contributed by atoms with Crippen molar-refractivity contribution in [3.63, 3.8) is 0 Å². The van der Waals surface area contributed by atoms with Crippen LogP contribution in [0.3, 0.4) is 0 Å². The Morgan fingerprint density at radius 2 is 2.61 bits per heavy atom. The van der Waals surface area contributed by atoms with Crippen molar-refractivity contribution >= 4 is 17.7 Å². The van der Waals surface area contributed by atoms with Crippen molar-refractivity contribution in [2.75, 3.05) is 24.6 Å². The summed E-state index contributed by atoms with van der Waals surface area (Å²) in [5.41, 5.74) is 0. The van der Waals surface area contributed by atoms with Crippen LogP contribution < -0.4 is 10.6 Å². The van der Waals surface area contributed by atoms with Crippen LogP contribution in [0.2, 0.25) is 0 Å². The number of rotatable bonds is 5. The minimum atomic E-state index is 0.129. The van der Waals surface area contributed by atoms with E-state index in [4.69, 9.17) is 0 Å². The van der Waals surface area contributed by atoms with Gasteiger partial charge in [0.25, 0.3) is 0 Å². The van der Waals surface area contributed by atoms with Crippen LogP contribution in [0, 0.1) is 0 Å². The molecule has 1 aromatic heterocycles. The fourth-order valence-corrected chi connectivity index (χ4v) is 2.95. The van der Waals surface area contributed by atoms with Crippen molar-refractivity contribution in [2.24, 2.45) is 7.05 Å². The number of aryl methyl sites for hydroxylation is 1. The van der Waals surface area contributed by atoms with E-state index in [1.807, 2.05) is 29.6 Å². The van der Waals surface area contributed by atoms with E-state index in [1.165, 1.54) is 0 Å². The zero-order valence-corrected chi connectivity index (χ0v) is 11.5. The van der Waals surface area contributed by atoms with Crippen molar-refractivity contribution < 1.29 is 4.79 Å². The highest BCUT2D eigenvalue weighted by atomic mass is 32.2. The zero-order valence-electron chi connectivity index (χ0n) is 10.7. The molecular formula is C12H20N4OS. The Hall–Kier alpha value is -1.01. The van der Waals surface area contributed by atoms with Gasteiger partial charge in [-0.05, 0) is 0 Å². The average molecular weight is 268 g/mol. The minimum Gasteiger partial charge on any atom is -0.356 e. The standard InChI is InChI=1S/C12H20N4OS/c1-16-6-4-14-11(16)2-3-15-12(17)8-10-9-18-7-5-13-10/h4,6,10,13H,2-3,5,7-9H2,1H3,(H,15,17). The van der Waals surface area contributed by atoms with Crippen molar-refractivity contribution in [1.29, 1.82) is 0 Å². The normalized spacial score (nSPS) is 19.7. The third kappa shape index (κ3) is 4.03. The van der Waals surface area contributed by atoms with Crippen LogP contribution in [0.15, 0.2) is 12.4 Å². The van der Waals surface area contributed by atoms with Crippen molar-refractivity contribution in [1.82, 2.24) is 20.2 Å². The first-order valence-corrected chi connectivity index (χ1v) is 7.45. The van der Waals surface area contributed by atoms with E-state index in [2.05, 4.69) is 15.6 Å². The first-order chi connectivity index (χ1) is 8.75. The van der Waals surface area contributed by atoms with Crippen LogP contribution in [0.5, 0.6) is 0 Å². The van der Waals surface area contributed by atoms with E-state index in [9.17, 15) is 4.79 Å². The molecule has 0 saturated carbocycles. The second-order valence-corrected chi connectivity index (χ2v) is 5.63. The first-order valence-electron chi connectivity index (χ1n) is 6.30. The number of thioether (sulfide) groups is 1. The first kappa shape index (κ1) is 13.4. The Morgan fingerprint density at radius 3 is 3.28 bits per heavy atom. The lowest BCUT2D eigenvalue weighted by Crippen LogP contribution is -2.41. The number of hydrogen-bond donors (Lipinski definition) is 2. The summed E-state index contributed by atoms with van der Waals surface area (Å²) in [6.45, 7) is 1.67. The van der Waals surface area contributed by atoms with Gasteiger partial charge in [-0.15, -0.1) is 0 Å². The van der Waals surface area contributed by atoms with Crippen molar-refractivity contribution in [3.8, 4) is 0 Å². The van der Waals surface area contributed by atoms with E-state index in [1.54, 1.807) is 6.20 Å². The smallest absolute Gasteiger partial charge is 0.221 e. The van der Waals surface area contributed by atoms with Gasteiger partial charge in [-0.2, -0.15) is 11.8 Å². The molecule has 0 radical (unpaired) electrons. The van der Waals surface area contributed by atoms with E-state index >= 15 is 0 Å². The van der Waals surface area contributed by atoms with Crippen molar-refractivity contribution in [3.05, 3.63) is 18.2 Å². The van der Waals surface area contributed by atoms with Gasteiger partial charge < -0.3 is 15.2 Å². The number of imidazole rings is 1. The molecule has 2 heterocycles. The number of carbonyl (C=O) groups is 1. The second kappa shape index (κ2) is 6.80. The average Bonchev–Trinajstić information content (AvgIpc) is 2.76. The highest BCUT2D eigenvalue weighted by Crippen LogP contribution is 2.09. The molecule has 100 valence electrons. The van der Waals surface area contributed by atoms with Gasteiger partial charge in [-0.25, -0.2) is 4.98 Å². The SMILES string of the molecule is Cn1ccnc1CCNC(=O)CC1CSCCN1. The number of aromatic nitrogens is 2. The summed E-state index contributed by atoms with van der Waals surface area (Å²) in [4.78, 5) is 16.0. The van der Waals surface area contributed by atoms with Gasteiger partial charge in [0.1, 0.15) is 5.82 Å². The monoisotopic (exact) mass is 268 g/mol. The van der Waals surface area contributed by atoms with Crippen LogP contribution in [-0.4, -0.2) is 46.1 Å². The zero-order chi connectivity index (χ0) is 12.8. The number of carbonyl (C=O) groups excluding carboxylic acids is 1. The molecule has 0 aromatic carbocycles. The molecule has 1 fully saturated rings. The number of nitrogens with zero attached hydrogens (tertiary/aromatic N) is 2. The largest absolute Gasteiger partial charge is 0.356 e. The summed E-state index contributed by atoms with van der Waals surface area (Å²) in [6, 6.07) is 0.330. The maximum atomic E-state index is 11.7. The summed E-state index contributed by atoms with van der Waals surface area (Å²) in [5.74, 6) is 3.32. The van der Waals surface area contributed by atoms with E-state index in [0.29, 0.717) is 19.0 Å². The molecule has 1 aliphatic rings. The molecule has 2 N–H and O–H groups in total. The lowest BCUT2D eigenvalue weighted by atomic mass is 10.2. The molecule has 1 atom stereocenters. The highest BCUT2D eigenvalue weighted by Gasteiger charge is 2.16. The topological polar surface area (TPSA) is 59.0 Å². The van der Waals surface area contributed by atoms with Gasteiger partial charge in [-0.3, -0.25) is 4.79 Å². The fourth-order valence-electron chi connectivity index (χ4n) is 2.00. The van der Waals surface area contributed by atoms with Crippen LogP contribution in [-0.2, 0) is 18.3 Å². The van der Waals surface area contributed by atoms with Gasteiger partial charge in [0, 0.05) is 62.9 Å². The van der Waals surface area contributed by atoms with Gasteiger partial charge in [-0.1, -0.05) is 0 Å². The van der Waals surface area contributed by atoms with E-state index < -0.39 is 0 Å². The summed E-state index contributed by atoms with van der Waals surface area (Å²) < 4.78 is 1.98. The minimum absolute atomic E-state index is 0.129. The fraction of sp³-hybridized carbons (Fsp3) is 0.667. The molecule has 2 rings (SSSR count). The molecule has 6 heteroatoms. The summed E-state index contributed by atoms with van der Waals surface area (Å²) in [6.07, 6.45) is 5.05. The molecule has 1 aliphatic heterocycles. The number of hydrogen-bond acceptors (Lipinski definition) is 4. The molecule has 1 unspecified atom stereocenters. The predicted octanol–water partition coefficient (Wildman–Crippen LogP) is 0.174. The molecule has 0 bridgehead atoms. The Balaban J connectivity index is 1.64. The van der Waals surface area contributed by atoms with Gasteiger partial charge in [0.2, 0.25) is 5.91 Å². The molecule has 18 heavy (non-hydrogen) atoms. The Bertz CT molecular complexity index is 387. The Kier molecular flexibility index (Phi) is 5.07. The van der Waals surface area contributed by atoms with Gasteiger partial charge >= 0.3 is 0 Å². The van der Waals surface area contributed by atoms with Crippen LogP contribution in [0.4, 0.5) is 0 Å². The lowest BCUT2D eigenvalue weighted by Gasteiger charge is -2.22. The molecule has 1 saturated heterocycles. The maximum Gasteiger partial charge on any atom is 0.221 e. The van der Waals surface area contributed by atoms with E-state index in [0.717, 1.165) is 30.3 Å². The molecule has 1 amide bonds. The van der Waals surface area contributed by atoms with Crippen LogP contribution in [0.25, 0.3) is 0 Å².